The van der Waals surface area contributed by atoms with Crippen LogP contribution in [0, 0.1) is 5.41 Å². The predicted octanol–water partition coefficient (Wildman–Crippen LogP) is 1.32. The third-order valence-corrected chi connectivity index (χ3v) is 3.94. The molecule has 0 heterocycles. The number of nitrogens with one attached hydrogen (secondary N) is 1. The Balaban J connectivity index is 1.77. The van der Waals surface area contributed by atoms with E-state index in [1.54, 1.807) is 12.1 Å². The Hall–Kier alpha value is -1.75. The van der Waals surface area contributed by atoms with Gasteiger partial charge in [-0.1, -0.05) is 25.0 Å². The van der Waals surface area contributed by atoms with E-state index >= 15 is 0 Å². The molecule has 1 aromatic rings. The molecule has 1 aromatic carbocycles. The van der Waals surface area contributed by atoms with E-state index < -0.39 is 0 Å². The number of benzene rings is 1. The summed E-state index contributed by atoms with van der Waals surface area (Å²) in [6.45, 7) is 0.575. The van der Waals surface area contributed by atoms with Gasteiger partial charge in [-0.25, -0.2) is 0 Å². The van der Waals surface area contributed by atoms with Gasteiger partial charge in [0.15, 0.2) is 6.61 Å². The summed E-state index contributed by atoms with van der Waals surface area (Å²) >= 11 is 0. The largest absolute Gasteiger partial charge is 0.482 e. The summed E-state index contributed by atoms with van der Waals surface area (Å²) in [4.78, 5) is 11.8. The average molecular weight is 278 g/mol. The number of hydrogen-bond donors (Lipinski definition) is 3. The van der Waals surface area contributed by atoms with Crippen LogP contribution in [-0.2, 0) is 4.79 Å². The molecule has 0 atom stereocenters. The molecule has 1 aliphatic carbocycles. The lowest BCUT2D eigenvalue weighted by Crippen LogP contribution is -2.40. The molecule has 0 radical (unpaired) electrons. The first-order valence-corrected chi connectivity index (χ1v) is 7.00. The minimum atomic E-state index is -0.187. The van der Waals surface area contributed by atoms with Gasteiger partial charge in [0, 0.05) is 12.0 Å². The van der Waals surface area contributed by atoms with Crippen LogP contribution in [-0.4, -0.2) is 30.8 Å². The smallest absolute Gasteiger partial charge is 0.257 e. The third-order valence-electron chi connectivity index (χ3n) is 3.94. The number of hydrogen-bond acceptors (Lipinski definition) is 4. The molecular formula is C15H22N2O3. The molecule has 0 aromatic heterocycles. The van der Waals surface area contributed by atoms with E-state index in [-0.39, 0.29) is 24.5 Å². The van der Waals surface area contributed by atoms with Gasteiger partial charge in [-0.3, -0.25) is 4.79 Å². The van der Waals surface area contributed by atoms with Crippen LogP contribution in [0.4, 0.5) is 5.69 Å². The second kappa shape index (κ2) is 6.61. The van der Waals surface area contributed by atoms with E-state index in [1.807, 2.05) is 12.1 Å². The zero-order chi connectivity index (χ0) is 14.4. The minimum Gasteiger partial charge on any atom is -0.482 e. The first kappa shape index (κ1) is 14.7. The fourth-order valence-corrected chi connectivity index (χ4v) is 2.61. The van der Waals surface area contributed by atoms with Crippen LogP contribution in [0.1, 0.15) is 25.7 Å². The molecule has 1 aliphatic rings. The summed E-state index contributed by atoms with van der Waals surface area (Å²) in [5, 5.41) is 12.3. The maximum absolute atomic E-state index is 11.8. The lowest BCUT2D eigenvalue weighted by atomic mass is 9.87. The maximum Gasteiger partial charge on any atom is 0.257 e. The number of nitrogens with two attached hydrogens (primary N) is 1. The number of carbonyl (C=O) groups excluding carboxylic acids is 1. The topological polar surface area (TPSA) is 84.6 Å². The van der Waals surface area contributed by atoms with Crippen molar-refractivity contribution in [3.05, 3.63) is 24.3 Å². The molecule has 0 spiro atoms. The molecule has 0 saturated heterocycles. The zero-order valence-corrected chi connectivity index (χ0v) is 11.6. The number of amides is 1. The van der Waals surface area contributed by atoms with Gasteiger partial charge in [-0.2, -0.15) is 0 Å². The monoisotopic (exact) mass is 278 g/mol. The fraction of sp³-hybridized carbons (Fsp3) is 0.533. The van der Waals surface area contributed by atoms with Crippen LogP contribution in [0.25, 0.3) is 0 Å². The van der Waals surface area contributed by atoms with Crippen LogP contribution in [0.15, 0.2) is 24.3 Å². The summed E-state index contributed by atoms with van der Waals surface area (Å²) < 4.78 is 5.38. The molecule has 5 heteroatoms. The molecule has 110 valence electrons. The molecule has 1 amide bonds. The van der Waals surface area contributed by atoms with E-state index in [9.17, 15) is 9.90 Å². The SMILES string of the molecule is Nc1ccccc1OCC(=O)NCC1(CO)CCCC1. The highest BCUT2D eigenvalue weighted by molar-refractivity contribution is 5.77. The Morgan fingerprint density at radius 2 is 2.05 bits per heavy atom. The summed E-state index contributed by atoms with van der Waals surface area (Å²) in [7, 11) is 0. The highest BCUT2D eigenvalue weighted by atomic mass is 16.5. The number of para-hydroxylation sites is 2. The number of aliphatic hydroxyl groups excluding tert-OH is 1. The quantitative estimate of drug-likeness (QED) is 0.685. The van der Waals surface area contributed by atoms with Gasteiger partial charge >= 0.3 is 0 Å². The Bertz CT molecular complexity index is 456. The van der Waals surface area contributed by atoms with E-state index in [0.717, 1.165) is 25.7 Å². The van der Waals surface area contributed by atoms with Gasteiger partial charge in [-0.05, 0) is 25.0 Å². The van der Waals surface area contributed by atoms with E-state index in [1.165, 1.54) is 0 Å². The molecule has 5 nitrogen and oxygen atoms in total. The van der Waals surface area contributed by atoms with Crippen LogP contribution in [0.3, 0.4) is 0 Å². The Kier molecular flexibility index (Phi) is 4.84. The second-order valence-corrected chi connectivity index (χ2v) is 5.47. The molecule has 1 saturated carbocycles. The number of nitrogen functional groups attached to an aromatic ring is 1. The third kappa shape index (κ3) is 3.63. The van der Waals surface area contributed by atoms with Crippen molar-refractivity contribution in [3.63, 3.8) is 0 Å². The van der Waals surface area contributed by atoms with Crippen LogP contribution < -0.4 is 15.8 Å². The van der Waals surface area contributed by atoms with Crippen molar-refractivity contribution >= 4 is 11.6 Å². The molecule has 2 rings (SSSR count). The van der Waals surface area contributed by atoms with Gasteiger partial charge in [0.2, 0.25) is 0 Å². The molecule has 4 N–H and O–H groups in total. The van der Waals surface area contributed by atoms with Crippen LogP contribution >= 0.6 is 0 Å². The van der Waals surface area contributed by atoms with Gasteiger partial charge in [0.25, 0.3) is 5.91 Å². The summed E-state index contributed by atoms with van der Waals surface area (Å²) in [6.07, 6.45) is 4.17. The number of aliphatic hydroxyl groups is 1. The van der Waals surface area contributed by atoms with Crippen molar-refractivity contribution in [1.82, 2.24) is 5.32 Å². The lowest BCUT2D eigenvalue weighted by molar-refractivity contribution is -0.123. The number of anilines is 1. The maximum atomic E-state index is 11.8. The van der Waals surface area contributed by atoms with Crippen molar-refractivity contribution in [2.75, 3.05) is 25.5 Å². The van der Waals surface area contributed by atoms with E-state index in [0.29, 0.717) is 18.0 Å². The van der Waals surface area contributed by atoms with Crippen LogP contribution in [0.5, 0.6) is 5.75 Å². The van der Waals surface area contributed by atoms with Crippen molar-refractivity contribution in [3.8, 4) is 5.75 Å². The lowest BCUT2D eigenvalue weighted by Gasteiger charge is -2.26. The first-order valence-electron chi connectivity index (χ1n) is 7.00. The summed E-state index contributed by atoms with van der Waals surface area (Å²) in [5.41, 5.74) is 6.11. The number of carbonyl (C=O) groups is 1. The molecule has 1 fully saturated rings. The molecule has 20 heavy (non-hydrogen) atoms. The zero-order valence-electron chi connectivity index (χ0n) is 11.6. The van der Waals surface area contributed by atoms with Gasteiger partial charge in [-0.15, -0.1) is 0 Å². The standard InChI is InChI=1S/C15H22N2O3/c16-12-5-1-2-6-13(12)20-9-14(19)17-10-15(11-18)7-3-4-8-15/h1-2,5-6,18H,3-4,7-11,16H2,(H,17,19). The minimum absolute atomic E-state index is 0.0598. The van der Waals surface area contributed by atoms with Crippen LogP contribution in [0.2, 0.25) is 0 Å². The Morgan fingerprint density at radius 1 is 1.35 bits per heavy atom. The number of rotatable bonds is 6. The summed E-state index contributed by atoms with van der Waals surface area (Å²) in [5.74, 6) is 0.327. The van der Waals surface area contributed by atoms with Crippen molar-refractivity contribution in [2.45, 2.75) is 25.7 Å². The Labute approximate surface area is 119 Å². The van der Waals surface area contributed by atoms with Crippen molar-refractivity contribution < 1.29 is 14.6 Å². The van der Waals surface area contributed by atoms with Gasteiger partial charge < -0.3 is 20.9 Å². The predicted molar refractivity (Wildman–Crippen MR) is 77.3 cm³/mol. The summed E-state index contributed by atoms with van der Waals surface area (Å²) in [6, 6.07) is 7.08. The average Bonchev–Trinajstić information content (AvgIpc) is 2.94. The highest BCUT2D eigenvalue weighted by Gasteiger charge is 2.33. The van der Waals surface area contributed by atoms with Crippen molar-refractivity contribution in [2.24, 2.45) is 5.41 Å². The van der Waals surface area contributed by atoms with Gasteiger partial charge in [0.05, 0.1) is 12.3 Å². The van der Waals surface area contributed by atoms with E-state index in [4.69, 9.17) is 10.5 Å². The molecule has 0 unspecified atom stereocenters. The molecule has 0 bridgehead atoms. The fourth-order valence-electron chi connectivity index (χ4n) is 2.61. The number of ether oxygens (including phenoxy) is 1. The highest BCUT2D eigenvalue weighted by Crippen LogP contribution is 2.36. The molecule has 0 aliphatic heterocycles. The molecular weight excluding hydrogens is 256 g/mol. The normalized spacial score (nSPS) is 16.9. The van der Waals surface area contributed by atoms with E-state index in [2.05, 4.69) is 5.32 Å². The second-order valence-electron chi connectivity index (χ2n) is 5.47. The first-order chi connectivity index (χ1) is 9.65. The van der Waals surface area contributed by atoms with Gasteiger partial charge in [0.1, 0.15) is 5.75 Å². The Morgan fingerprint density at radius 3 is 2.70 bits per heavy atom. The van der Waals surface area contributed by atoms with Crippen molar-refractivity contribution in [1.29, 1.82) is 0 Å².